The first kappa shape index (κ1) is 19.7. The van der Waals surface area contributed by atoms with Crippen molar-refractivity contribution in [1.29, 1.82) is 0 Å². The highest BCUT2D eigenvalue weighted by Crippen LogP contribution is 2.45. The van der Waals surface area contributed by atoms with E-state index in [1.165, 1.54) is 11.1 Å². The number of ether oxygens (including phenoxy) is 3. The van der Waals surface area contributed by atoms with Gasteiger partial charge in [-0.15, -0.1) is 4.91 Å². The van der Waals surface area contributed by atoms with Gasteiger partial charge in [-0.05, 0) is 68.0 Å². The van der Waals surface area contributed by atoms with E-state index >= 15 is 0 Å². The van der Waals surface area contributed by atoms with Crippen LogP contribution in [0.4, 0.5) is 5.69 Å². The summed E-state index contributed by atoms with van der Waals surface area (Å²) in [6.45, 7) is 7.55. The van der Waals surface area contributed by atoms with Crippen LogP contribution in [0, 0.1) is 4.91 Å². The Kier molecular flexibility index (Phi) is 5.48. The molecule has 4 rings (SSSR count). The summed E-state index contributed by atoms with van der Waals surface area (Å²) in [5.41, 5.74) is 3.57. The minimum absolute atomic E-state index is 0.0962. The van der Waals surface area contributed by atoms with Crippen molar-refractivity contribution in [2.75, 3.05) is 13.2 Å². The largest absolute Gasteiger partial charge is 0.494 e. The van der Waals surface area contributed by atoms with Crippen molar-refractivity contribution in [3.05, 3.63) is 51.9 Å². The molecule has 0 N–H and O–H groups in total. The predicted molar refractivity (Wildman–Crippen MR) is 114 cm³/mol. The molecule has 0 radical (unpaired) electrons. The molecule has 0 bridgehead atoms. The van der Waals surface area contributed by atoms with Crippen LogP contribution >= 0.6 is 0 Å². The smallest absolute Gasteiger partial charge is 0.129 e. The summed E-state index contributed by atoms with van der Waals surface area (Å²) in [5, 5.41) is 3.27. The Balaban J connectivity index is 1.55. The van der Waals surface area contributed by atoms with Gasteiger partial charge in [0.2, 0.25) is 0 Å². The molecule has 2 aliphatic rings. The summed E-state index contributed by atoms with van der Waals surface area (Å²) in [6, 6.07) is 9.79. The molecule has 5 nitrogen and oxygen atoms in total. The quantitative estimate of drug-likeness (QED) is 0.439. The highest BCUT2D eigenvalue weighted by Gasteiger charge is 2.32. The van der Waals surface area contributed by atoms with E-state index in [1.807, 2.05) is 12.1 Å². The maximum absolute atomic E-state index is 11.5. The van der Waals surface area contributed by atoms with E-state index in [2.05, 4.69) is 38.1 Å². The maximum atomic E-state index is 11.5. The Morgan fingerprint density at radius 3 is 2.90 bits per heavy atom. The number of hydrogen-bond acceptors (Lipinski definition) is 5. The number of nitrogens with zero attached hydrogens (tertiary/aromatic N) is 1. The lowest BCUT2D eigenvalue weighted by molar-refractivity contribution is 0.0827. The molecular formula is C24H29NO4. The summed E-state index contributed by atoms with van der Waals surface area (Å²) in [5.74, 6) is 2.69. The Morgan fingerprint density at radius 2 is 2.10 bits per heavy atom. The van der Waals surface area contributed by atoms with Crippen molar-refractivity contribution in [3.63, 3.8) is 0 Å². The topological polar surface area (TPSA) is 57.1 Å². The lowest BCUT2D eigenvalue weighted by Crippen LogP contribution is -2.33. The van der Waals surface area contributed by atoms with Crippen molar-refractivity contribution in [1.82, 2.24) is 0 Å². The molecule has 1 atom stereocenters. The van der Waals surface area contributed by atoms with Crippen LogP contribution in [0.3, 0.4) is 0 Å². The van der Waals surface area contributed by atoms with Crippen LogP contribution < -0.4 is 14.2 Å². The summed E-state index contributed by atoms with van der Waals surface area (Å²) >= 11 is 0. The molecule has 2 heterocycles. The molecule has 0 fully saturated rings. The van der Waals surface area contributed by atoms with Gasteiger partial charge >= 0.3 is 0 Å². The van der Waals surface area contributed by atoms with E-state index in [4.69, 9.17) is 14.2 Å². The monoisotopic (exact) mass is 395 g/mol. The van der Waals surface area contributed by atoms with Gasteiger partial charge in [-0.25, -0.2) is 0 Å². The van der Waals surface area contributed by atoms with Crippen LogP contribution in [0.2, 0.25) is 0 Å². The second-order valence-corrected chi connectivity index (χ2v) is 8.62. The lowest BCUT2D eigenvalue weighted by Gasteiger charge is -2.35. The molecule has 0 aliphatic carbocycles. The van der Waals surface area contributed by atoms with Gasteiger partial charge in [-0.1, -0.05) is 25.5 Å². The highest BCUT2D eigenvalue weighted by atomic mass is 16.5. The zero-order chi connectivity index (χ0) is 20.4. The number of benzene rings is 2. The molecule has 0 amide bonds. The fourth-order valence-electron chi connectivity index (χ4n) is 4.19. The van der Waals surface area contributed by atoms with Gasteiger partial charge in [-0.2, -0.15) is 0 Å². The fourth-order valence-corrected chi connectivity index (χ4v) is 4.19. The SMILES string of the molecule is CCCCOc1ccc(C2COc3c(ccc4c3CCC(C)(C)O4)C2)c(N=O)c1. The predicted octanol–water partition coefficient (Wildman–Crippen LogP) is 6.09. The highest BCUT2D eigenvalue weighted by molar-refractivity contribution is 5.56. The molecule has 0 aromatic heterocycles. The fraction of sp³-hybridized carbons (Fsp3) is 0.500. The molecule has 0 saturated carbocycles. The average molecular weight is 395 g/mol. The molecule has 0 saturated heterocycles. The van der Waals surface area contributed by atoms with Crippen LogP contribution in [0.1, 0.15) is 62.6 Å². The molecule has 29 heavy (non-hydrogen) atoms. The molecule has 2 aromatic rings. The van der Waals surface area contributed by atoms with Crippen LogP contribution in [-0.4, -0.2) is 18.8 Å². The van der Waals surface area contributed by atoms with Gasteiger partial charge in [0.15, 0.2) is 0 Å². The zero-order valence-electron chi connectivity index (χ0n) is 17.5. The molecule has 2 aromatic carbocycles. The van der Waals surface area contributed by atoms with Crippen molar-refractivity contribution >= 4 is 5.69 Å². The van der Waals surface area contributed by atoms with Gasteiger partial charge in [0, 0.05) is 17.5 Å². The van der Waals surface area contributed by atoms with Crippen LogP contribution in [0.25, 0.3) is 0 Å². The summed E-state index contributed by atoms with van der Waals surface area (Å²) < 4.78 is 18.1. The van der Waals surface area contributed by atoms with Crippen molar-refractivity contribution in [3.8, 4) is 17.2 Å². The van der Waals surface area contributed by atoms with E-state index in [9.17, 15) is 4.91 Å². The van der Waals surface area contributed by atoms with E-state index in [-0.39, 0.29) is 11.5 Å². The van der Waals surface area contributed by atoms with E-state index in [0.29, 0.717) is 24.7 Å². The Bertz CT molecular complexity index is 906. The number of fused-ring (bicyclic) bond motifs is 3. The Labute approximate surface area is 172 Å². The van der Waals surface area contributed by atoms with Crippen LogP contribution in [0.15, 0.2) is 35.5 Å². The number of unbranched alkanes of at least 4 members (excludes halogenated alkanes) is 1. The van der Waals surface area contributed by atoms with E-state index in [0.717, 1.165) is 49.2 Å². The molecule has 5 heteroatoms. The summed E-state index contributed by atoms with van der Waals surface area (Å²) in [4.78, 5) is 11.5. The number of hydrogen-bond donors (Lipinski definition) is 0. The first-order chi connectivity index (χ1) is 14.0. The average Bonchev–Trinajstić information content (AvgIpc) is 2.72. The van der Waals surface area contributed by atoms with Crippen molar-refractivity contribution in [2.24, 2.45) is 5.18 Å². The Hall–Kier alpha value is -2.56. The minimum atomic E-state index is -0.135. The van der Waals surface area contributed by atoms with Crippen LogP contribution in [0.5, 0.6) is 17.2 Å². The maximum Gasteiger partial charge on any atom is 0.129 e. The van der Waals surface area contributed by atoms with Gasteiger partial charge in [0.25, 0.3) is 0 Å². The molecule has 0 spiro atoms. The number of rotatable bonds is 6. The normalized spacial score (nSPS) is 19.3. The van der Waals surface area contributed by atoms with Gasteiger partial charge < -0.3 is 14.2 Å². The molecule has 1 unspecified atom stereocenters. The third-order valence-corrected chi connectivity index (χ3v) is 5.86. The van der Waals surface area contributed by atoms with Gasteiger partial charge in [-0.3, -0.25) is 0 Å². The molecule has 154 valence electrons. The van der Waals surface area contributed by atoms with Crippen molar-refractivity contribution < 1.29 is 14.2 Å². The summed E-state index contributed by atoms with van der Waals surface area (Å²) in [7, 11) is 0. The zero-order valence-corrected chi connectivity index (χ0v) is 17.5. The third-order valence-electron chi connectivity index (χ3n) is 5.86. The first-order valence-corrected chi connectivity index (χ1v) is 10.6. The molecule has 2 aliphatic heterocycles. The Morgan fingerprint density at radius 1 is 1.24 bits per heavy atom. The third kappa shape index (κ3) is 4.09. The minimum Gasteiger partial charge on any atom is -0.494 e. The van der Waals surface area contributed by atoms with E-state index in [1.54, 1.807) is 6.07 Å². The van der Waals surface area contributed by atoms with Crippen molar-refractivity contribution in [2.45, 2.75) is 64.4 Å². The first-order valence-electron chi connectivity index (χ1n) is 10.6. The second-order valence-electron chi connectivity index (χ2n) is 8.62. The second kappa shape index (κ2) is 8.05. The van der Waals surface area contributed by atoms with Gasteiger partial charge in [0.05, 0.1) is 13.2 Å². The van der Waals surface area contributed by atoms with Crippen LogP contribution in [-0.2, 0) is 12.8 Å². The number of nitroso groups, excluding NO2 is 1. The standard InChI is InChI=1S/C24H29NO4/c1-4-5-12-27-18-7-8-19(21(14-18)25-26)17-13-16-6-9-22-20(23(16)28-15-17)10-11-24(2,3)29-22/h6-9,14,17H,4-5,10-13,15H2,1-3H3. The lowest BCUT2D eigenvalue weighted by atomic mass is 9.86. The summed E-state index contributed by atoms with van der Waals surface area (Å²) in [6.07, 6.45) is 4.82. The van der Waals surface area contributed by atoms with Gasteiger partial charge in [0.1, 0.15) is 28.5 Å². The van der Waals surface area contributed by atoms with E-state index < -0.39 is 0 Å². The molecular weight excluding hydrogens is 366 g/mol.